The summed E-state index contributed by atoms with van der Waals surface area (Å²) in [5.74, 6) is -0.893. The molecule has 42 nitrogen and oxygen atoms in total. The molecule has 0 radical (unpaired) electrons. The predicted octanol–water partition coefficient (Wildman–Crippen LogP) is -0.693. The highest BCUT2D eigenvalue weighted by atomic mass is 31.3. The summed E-state index contributed by atoms with van der Waals surface area (Å²) >= 11 is 0. The van der Waals surface area contributed by atoms with E-state index in [4.69, 9.17) is 59.0 Å². The number of nitrogens with zero attached hydrogens (tertiary/aromatic N) is 11. The number of halogens is 1. The highest BCUT2D eigenvalue weighted by Gasteiger charge is 2.54. The zero-order valence-corrected chi connectivity index (χ0v) is 50.2. The second-order valence-electron chi connectivity index (χ2n) is 21.2. The number of aromatic amines is 2. The van der Waals surface area contributed by atoms with Crippen molar-refractivity contribution in [1.82, 2.24) is 53.6 Å². The van der Waals surface area contributed by atoms with Crippen molar-refractivity contribution < 1.29 is 117 Å². The van der Waals surface area contributed by atoms with Crippen molar-refractivity contribution in [2.75, 3.05) is 43.8 Å². The molecule has 1 aromatic carbocycles. The van der Waals surface area contributed by atoms with Crippen molar-refractivity contribution in [1.29, 1.82) is 0 Å². The number of nitrogen functional groups attached to an aromatic ring is 3. The Hall–Kier alpha value is -6.60. The molecule has 9 heterocycles. The van der Waals surface area contributed by atoms with E-state index in [0.29, 0.717) is 0 Å². The van der Waals surface area contributed by atoms with Gasteiger partial charge in [0.1, 0.15) is 67.5 Å². The van der Waals surface area contributed by atoms with Gasteiger partial charge in [-0.1, -0.05) is 37.9 Å². The predicted molar refractivity (Wildman–Crippen MR) is 293 cm³/mol. The van der Waals surface area contributed by atoms with Crippen molar-refractivity contribution in [3.63, 3.8) is 0 Å². The van der Waals surface area contributed by atoms with Crippen LogP contribution in [0.3, 0.4) is 0 Å². The molecule has 90 heavy (non-hydrogen) atoms. The Labute approximate surface area is 500 Å². The maximum atomic E-state index is 16.7. The van der Waals surface area contributed by atoms with Crippen LogP contribution in [-0.4, -0.2) is 175 Å². The lowest BCUT2D eigenvalue weighted by Crippen LogP contribution is -2.47. The molecule has 47 heteroatoms. The first-order valence-corrected chi connectivity index (χ1v) is 32.0. The van der Waals surface area contributed by atoms with E-state index < -0.39 is 159 Å². The number of nitro groups is 1. The summed E-state index contributed by atoms with van der Waals surface area (Å²) in [6.45, 7) is 0.674. The smallest absolute Gasteiger partial charge is 0.387 e. The summed E-state index contributed by atoms with van der Waals surface area (Å²) in [6, 6.07) is 5.75. The van der Waals surface area contributed by atoms with Gasteiger partial charge in [-0.3, -0.25) is 61.5 Å². The Morgan fingerprint density at radius 1 is 0.756 bits per heavy atom. The minimum atomic E-state index is -6.36. The number of alkyl halides is 1. The molecule has 0 bridgehead atoms. The average molecular weight is 1360 g/mol. The number of aliphatic hydroxyl groups excluding tert-OH is 3. The van der Waals surface area contributed by atoms with Gasteiger partial charge in [0, 0.05) is 6.07 Å². The van der Waals surface area contributed by atoms with Crippen LogP contribution in [0.4, 0.5) is 27.8 Å². The number of aryl methyl sites for hydroxylation is 1. The van der Waals surface area contributed by atoms with Crippen molar-refractivity contribution in [2.45, 2.75) is 101 Å². The fraction of sp³-hybridized carbons (Fsp3) is 0.512. The van der Waals surface area contributed by atoms with Crippen LogP contribution in [0, 0.1) is 15.5 Å². The number of hydrogen-bond donors (Lipinski definition) is 12. The van der Waals surface area contributed by atoms with Crippen LogP contribution in [-0.2, 0) is 75.7 Å². The summed E-state index contributed by atoms with van der Waals surface area (Å²) in [5.41, 5.74) is 14.1. The number of ether oxygens (including phenoxy) is 5. The highest BCUT2D eigenvalue weighted by Crippen LogP contribution is 2.68. The van der Waals surface area contributed by atoms with Gasteiger partial charge in [-0.2, -0.15) is 13.6 Å². The van der Waals surface area contributed by atoms with Crippen molar-refractivity contribution >= 4 is 88.2 Å². The number of para-hydroxylation sites is 1. The van der Waals surface area contributed by atoms with Crippen molar-refractivity contribution in [2.24, 2.45) is 12.5 Å². The largest absolute Gasteiger partial charge is 0.490 e. The summed E-state index contributed by atoms with van der Waals surface area (Å²) in [4.78, 5) is 108. The number of benzene rings is 1. The molecule has 3 saturated heterocycles. The van der Waals surface area contributed by atoms with Gasteiger partial charge >= 0.3 is 36.9 Å². The zero-order chi connectivity index (χ0) is 65.3. The lowest BCUT2D eigenvalue weighted by molar-refractivity contribution is -0.746. The van der Waals surface area contributed by atoms with Gasteiger partial charge in [0.2, 0.25) is 17.7 Å². The number of aromatic nitrogens is 12. The van der Waals surface area contributed by atoms with E-state index in [2.05, 4.69) is 48.5 Å². The molecule has 0 aliphatic carbocycles. The van der Waals surface area contributed by atoms with Crippen LogP contribution in [0.2, 0.25) is 0 Å². The van der Waals surface area contributed by atoms with Gasteiger partial charge in [-0.15, -0.1) is 0 Å². The first-order chi connectivity index (χ1) is 42.1. The SMILES string of the molecule is Cn1c[n+]([C@@H]2O[C@H](COP(=O)(O)OP(=O)(O)OP(=O)(O)OC[C@H]3O[C@@H](n4cnc5c(N)ncnc54)[C@@H](F)C3OP(=O)(O)OC[C@H]3O[C@@H](n4cnc5c(=O)[nH]c(N)nc54)[C@@H](O)C3O)[C@H](O)C2OCOC(c2ccccc2[N+](=O)[O-])C(C)(C)C)c2nc(N)[nH]c(=O)c21. The molecule has 0 spiro atoms. The molecule has 7 aromatic rings. The summed E-state index contributed by atoms with van der Waals surface area (Å²) in [7, 11) is -22.7. The Bertz CT molecular complexity index is 4190. The number of fused-ring (bicyclic) bond motifs is 3. The monoisotopic (exact) mass is 1360 g/mol. The minimum Gasteiger partial charge on any atom is -0.387 e. The summed E-state index contributed by atoms with van der Waals surface area (Å²) in [6.07, 6.45) is -19.7. The number of rotatable bonds is 24. The van der Waals surface area contributed by atoms with Gasteiger partial charge in [-0.05, 0) is 11.5 Å². The first-order valence-electron chi connectivity index (χ1n) is 26.0. The second-order valence-corrected chi connectivity index (χ2v) is 27.2. The number of anilines is 3. The molecule has 3 fully saturated rings. The van der Waals surface area contributed by atoms with E-state index in [0.717, 1.165) is 28.1 Å². The molecule has 17 atom stereocenters. The average Bonchev–Trinajstić information content (AvgIpc) is 1.62. The number of phosphoric ester groups is 3. The third-order valence-corrected chi connectivity index (χ3v) is 19.2. The molecule has 3 aliphatic rings. The van der Waals surface area contributed by atoms with E-state index >= 15 is 4.39 Å². The molecule has 3 aliphatic heterocycles. The Kier molecular flexibility index (Phi) is 18.5. The lowest BCUT2D eigenvalue weighted by Gasteiger charge is -2.31. The Morgan fingerprint density at radius 2 is 1.34 bits per heavy atom. The molecule has 15 N–H and O–H groups in total. The van der Waals surface area contributed by atoms with Crippen LogP contribution in [0.5, 0.6) is 0 Å². The normalized spacial score (nSPS) is 27.9. The van der Waals surface area contributed by atoms with Crippen molar-refractivity contribution in [3.05, 3.63) is 86.0 Å². The van der Waals surface area contributed by atoms with E-state index in [1.54, 1.807) is 26.8 Å². The van der Waals surface area contributed by atoms with Crippen LogP contribution in [0.15, 0.2) is 59.2 Å². The lowest BCUT2D eigenvalue weighted by atomic mass is 9.84. The van der Waals surface area contributed by atoms with E-state index in [-0.39, 0.29) is 62.5 Å². The highest BCUT2D eigenvalue weighted by molar-refractivity contribution is 7.66. The van der Waals surface area contributed by atoms with E-state index in [9.17, 15) is 72.9 Å². The van der Waals surface area contributed by atoms with Gasteiger partial charge in [0.05, 0.1) is 56.1 Å². The van der Waals surface area contributed by atoms with Gasteiger partial charge < -0.3 is 75.8 Å². The fourth-order valence-electron chi connectivity index (χ4n) is 10.1. The molecule has 10 rings (SSSR count). The van der Waals surface area contributed by atoms with Gasteiger partial charge in [-0.25, -0.2) is 47.2 Å². The third kappa shape index (κ3) is 13.8. The molecular weight excluding hydrogens is 1300 g/mol. The standard InChI is InChI=1S/C43H55FN16O26P4/c1-43(2,3)31(17-7-5-6-8-18(17)60(66)67)77-16-76-30-27(62)20(82-40(30)59-15-56(4)25-35(59)53-42(47)55-37(25)65)10-79-88(70,71)85-90(74,75)86-89(72,73)80-11-21-29(22(44)38(83-21)57-13-50-23-32(45)48-12-49-33(23)57)84-87(68,69)78-9-19-26(61)28(63)39(81-19)58-14-51-24-34(58)52-41(46)54-36(24)64/h5-8,12-15,19-22,26-31,38-40,61-63H,9-11,16H2,1-4H3,(H11-,45,46,47,48,49,52,53,54,55,64,65,68,69,70,71,72,73,74,75)/p+1/t19-,20-,21-,22+,26?,27+,28+,29?,30?,31?,38-,39-,40-/m1/s1. The topological polar surface area (TPSA) is 594 Å². The minimum absolute atomic E-state index is 0.0663. The number of H-pyrrole nitrogens is 2. The first kappa shape index (κ1) is 66.3. The molecule has 8 unspecified atom stereocenters. The van der Waals surface area contributed by atoms with Gasteiger partial charge in [0.25, 0.3) is 22.8 Å². The number of nitro benzene ring substituents is 1. The number of nitrogens with one attached hydrogen (secondary N) is 2. The number of imidazole rings is 3. The van der Waals surface area contributed by atoms with E-state index in [1.165, 1.54) is 40.7 Å². The van der Waals surface area contributed by atoms with Crippen molar-refractivity contribution in [3.8, 4) is 0 Å². The zero-order valence-electron chi connectivity index (χ0n) is 46.7. The molecule has 490 valence electrons. The maximum absolute atomic E-state index is 16.7. The Balaban J connectivity index is 0.809. The number of phosphoric acid groups is 4. The summed E-state index contributed by atoms with van der Waals surface area (Å²) in [5, 5.41) is 45.4. The number of hydrogen-bond acceptors (Lipinski definition) is 31. The number of nitrogens with two attached hydrogens (primary N) is 3. The molecular formula is C43H56FN16O26P4+. The fourth-order valence-corrected chi connectivity index (χ4v) is 14.5. The third-order valence-electron chi connectivity index (χ3n) is 13.9. The number of aliphatic hydroxyl groups is 3. The van der Waals surface area contributed by atoms with E-state index in [1.807, 2.05) is 0 Å². The molecule has 0 saturated carbocycles. The maximum Gasteiger partial charge on any atom is 0.490 e. The Morgan fingerprint density at radius 3 is 2.01 bits per heavy atom. The molecule has 0 amide bonds. The van der Waals surface area contributed by atoms with Crippen LogP contribution in [0.1, 0.15) is 51.1 Å². The van der Waals surface area contributed by atoms with Gasteiger partial charge in [0.15, 0.2) is 47.6 Å². The second kappa shape index (κ2) is 25.1. The van der Waals surface area contributed by atoms with Crippen LogP contribution in [0.25, 0.3) is 33.5 Å². The summed E-state index contributed by atoms with van der Waals surface area (Å²) < 4.78 is 132. The van der Waals surface area contributed by atoms with Crippen LogP contribution >= 0.6 is 31.3 Å². The van der Waals surface area contributed by atoms with Crippen LogP contribution < -0.4 is 32.9 Å². The molecule has 6 aromatic heterocycles. The quantitative estimate of drug-likeness (QED) is 0.0117.